The number of carbonyl (C=O) groups excluding carboxylic acids is 2. The van der Waals surface area contributed by atoms with E-state index in [9.17, 15) is 27.3 Å². The van der Waals surface area contributed by atoms with Crippen LogP contribution in [0.25, 0.3) is 11.0 Å². The molecule has 0 saturated carbocycles. The van der Waals surface area contributed by atoms with Gasteiger partial charge < -0.3 is 23.7 Å². The number of aromatic nitrogens is 3. The number of rotatable bonds is 10. The number of pyridine rings is 1. The molecule has 0 aliphatic heterocycles. The molecule has 0 aliphatic carbocycles. The Bertz CT molecular complexity index is 1270. The molecular formula is C24H27F3N4O6S. The van der Waals surface area contributed by atoms with Crippen molar-refractivity contribution < 1.29 is 41.5 Å². The van der Waals surface area contributed by atoms with E-state index in [1.807, 2.05) is 0 Å². The minimum absolute atomic E-state index is 0.0290. The maximum absolute atomic E-state index is 13.4. The van der Waals surface area contributed by atoms with Crippen molar-refractivity contribution in [2.75, 3.05) is 33.4 Å². The van der Waals surface area contributed by atoms with Crippen molar-refractivity contribution in [3.8, 4) is 5.75 Å². The molecule has 3 rings (SSSR count). The first-order valence-corrected chi connectivity index (χ1v) is 12.9. The summed E-state index contributed by atoms with van der Waals surface area (Å²) in [7, 11) is 1.54. The molecule has 0 fully saturated rings. The van der Waals surface area contributed by atoms with E-state index in [1.54, 1.807) is 38.2 Å². The number of amides is 1. The third-order valence-corrected chi connectivity index (χ3v) is 6.51. The van der Waals surface area contributed by atoms with Gasteiger partial charge in [-0.1, -0.05) is 12.1 Å². The van der Waals surface area contributed by atoms with Crippen LogP contribution in [0.15, 0.2) is 41.7 Å². The summed E-state index contributed by atoms with van der Waals surface area (Å²) in [5.74, 6) is -0.235. The number of nitrogens with zero attached hydrogens (tertiary/aromatic N) is 4. The number of hydrogen-bond acceptors (Lipinski definition) is 8. The molecule has 1 amide bonds. The molecule has 1 aromatic carbocycles. The zero-order valence-corrected chi connectivity index (χ0v) is 21.8. The summed E-state index contributed by atoms with van der Waals surface area (Å²) in [4.78, 5) is 34.6. The van der Waals surface area contributed by atoms with E-state index in [0.29, 0.717) is 23.0 Å². The van der Waals surface area contributed by atoms with Gasteiger partial charge in [-0.15, -0.1) is 0 Å². The minimum atomic E-state index is -4.51. The van der Waals surface area contributed by atoms with Crippen molar-refractivity contribution in [1.82, 2.24) is 19.4 Å². The Morgan fingerprint density at radius 2 is 1.92 bits per heavy atom. The number of fused-ring (bicyclic) bond motifs is 1. The second-order valence-electron chi connectivity index (χ2n) is 8.08. The molecule has 38 heavy (non-hydrogen) atoms. The maximum atomic E-state index is 13.4. The molecule has 0 spiro atoms. The highest BCUT2D eigenvalue weighted by Gasteiger charge is 2.31. The van der Waals surface area contributed by atoms with E-state index in [1.165, 1.54) is 28.7 Å². The third kappa shape index (κ3) is 7.51. The normalized spacial score (nSPS) is 12.3. The number of benzene rings is 1. The van der Waals surface area contributed by atoms with E-state index in [-0.39, 0.29) is 42.1 Å². The van der Waals surface area contributed by atoms with E-state index in [0.717, 1.165) is 0 Å². The van der Waals surface area contributed by atoms with Crippen LogP contribution in [0, 0.1) is 6.92 Å². The Hall–Kier alpha value is -3.52. The summed E-state index contributed by atoms with van der Waals surface area (Å²) in [5.41, 5.74) is 1.42. The fourth-order valence-electron chi connectivity index (χ4n) is 3.43. The fourth-order valence-corrected chi connectivity index (χ4v) is 4.68. The molecule has 0 bridgehead atoms. The van der Waals surface area contributed by atoms with Crippen molar-refractivity contribution in [1.29, 1.82) is 0 Å². The second kappa shape index (κ2) is 12.8. The zero-order valence-electron chi connectivity index (χ0n) is 21.0. The quantitative estimate of drug-likeness (QED) is 0.204. The number of halogens is 3. The molecule has 1 atom stereocenters. The predicted molar refractivity (Wildman–Crippen MR) is 131 cm³/mol. The smallest absolute Gasteiger partial charge is 0.508 e. The molecule has 0 saturated heterocycles. The molecule has 2 aromatic heterocycles. The zero-order chi connectivity index (χ0) is 27.9. The summed E-state index contributed by atoms with van der Waals surface area (Å²) in [6.45, 7) is 2.15. The van der Waals surface area contributed by atoms with Gasteiger partial charge >= 0.3 is 23.5 Å². The fraction of sp³-hybridized carbons (Fsp3) is 0.417. The van der Waals surface area contributed by atoms with Crippen LogP contribution in [0.4, 0.5) is 22.8 Å². The van der Waals surface area contributed by atoms with Gasteiger partial charge in [0.15, 0.2) is 12.4 Å². The lowest BCUT2D eigenvalue weighted by Crippen LogP contribution is -2.34. The van der Waals surface area contributed by atoms with E-state index < -0.39 is 36.1 Å². The lowest BCUT2D eigenvalue weighted by Gasteiger charge is -2.19. The number of hydrogen-bond donors (Lipinski definition) is 0. The second-order valence-corrected chi connectivity index (χ2v) is 9.43. The number of imidazole rings is 1. The van der Waals surface area contributed by atoms with Crippen molar-refractivity contribution >= 4 is 34.4 Å². The topological polar surface area (TPSA) is 119 Å². The Morgan fingerprint density at radius 3 is 2.63 bits per heavy atom. The first kappa shape index (κ1) is 29.0. The van der Waals surface area contributed by atoms with Crippen molar-refractivity contribution in [2.45, 2.75) is 37.4 Å². The summed E-state index contributed by atoms with van der Waals surface area (Å²) < 4.78 is 66.9. The molecule has 206 valence electrons. The predicted octanol–water partition coefficient (Wildman–Crippen LogP) is 4.45. The number of para-hydroxylation sites is 2. The molecular weight excluding hydrogens is 529 g/mol. The highest BCUT2D eigenvalue weighted by Crippen LogP contribution is 2.27. The van der Waals surface area contributed by atoms with Crippen molar-refractivity contribution in [2.24, 2.45) is 0 Å². The monoisotopic (exact) mass is 556 g/mol. The van der Waals surface area contributed by atoms with E-state index >= 15 is 0 Å². The van der Waals surface area contributed by atoms with Crippen LogP contribution < -0.4 is 4.74 Å². The largest absolute Gasteiger partial charge is 0.609 e. The number of carbonyl (C=O) groups is 2. The summed E-state index contributed by atoms with van der Waals surface area (Å²) in [6.07, 6.45) is -3.71. The third-order valence-electron chi connectivity index (χ3n) is 5.29. The van der Waals surface area contributed by atoms with Gasteiger partial charge in [0, 0.05) is 36.5 Å². The highest BCUT2D eigenvalue weighted by molar-refractivity contribution is 7.90. The Labute approximate surface area is 219 Å². The molecule has 2 heterocycles. The van der Waals surface area contributed by atoms with Crippen LogP contribution in [-0.4, -0.2) is 75.8 Å². The van der Waals surface area contributed by atoms with Crippen molar-refractivity contribution in [3.05, 3.63) is 47.8 Å². The molecule has 3 aromatic rings. The molecule has 10 nitrogen and oxygen atoms in total. The number of alkyl halides is 3. The lowest BCUT2D eigenvalue weighted by molar-refractivity contribution is -0.153. The Balaban J connectivity index is 1.79. The standard InChI is InChI=1S/C24H27F3N4O6S/c1-4-35-23(33)36-13-7-12-30(3)22(32)31-19-9-6-5-8-17(19)29-21(31)38(34)14-18-16(2)20(10-11-28-18)37-15-24(25,26)27/h5-6,8-11H,4,7,12-15H2,1-3H3/t38-/m1/s1. The van der Waals surface area contributed by atoms with Gasteiger partial charge in [-0.3, -0.25) is 4.98 Å². The first-order valence-electron chi connectivity index (χ1n) is 11.6. The van der Waals surface area contributed by atoms with Gasteiger partial charge in [-0.25, -0.2) is 14.2 Å². The molecule has 14 heteroatoms. The maximum Gasteiger partial charge on any atom is 0.508 e. The van der Waals surface area contributed by atoms with Gasteiger partial charge in [-0.2, -0.15) is 18.2 Å². The first-order chi connectivity index (χ1) is 18.0. The van der Waals surface area contributed by atoms with Crippen LogP contribution in [0.5, 0.6) is 5.75 Å². The van der Waals surface area contributed by atoms with Crippen LogP contribution in [0.3, 0.4) is 0 Å². The van der Waals surface area contributed by atoms with E-state index in [2.05, 4.69) is 14.7 Å². The van der Waals surface area contributed by atoms with Crippen LogP contribution in [0.2, 0.25) is 0 Å². The van der Waals surface area contributed by atoms with Crippen molar-refractivity contribution in [3.63, 3.8) is 0 Å². The average molecular weight is 557 g/mol. The van der Waals surface area contributed by atoms with Gasteiger partial charge in [0.25, 0.3) is 0 Å². The van der Waals surface area contributed by atoms with Gasteiger partial charge in [0.1, 0.15) is 5.75 Å². The minimum Gasteiger partial charge on any atom is -0.609 e. The summed E-state index contributed by atoms with van der Waals surface area (Å²) in [6, 6.07) is 7.55. The molecule has 0 unspecified atom stereocenters. The molecule has 0 radical (unpaired) electrons. The Morgan fingerprint density at radius 1 is 1.18 bits per heavy atom. The summed E-state index contributed by atoms with van der Waals surface area (Å²) in [5, 5.41) is -0.0337. The summed E-state index contributed by atoms with van der Waals surface area (Å²) >= 11 is -1.89. The SMILES string of the molecule is CCOC(=O)OCCCN(C)C(=O)n1c([S@+]([O-])Cc2nccc(OCC(F)(F)F)c2C)nc2ccccc21. The Kier molecular flexibility index (Phi) is 9.80. The molecule has 0 aliphatic rings. The van der Waals surface area contributed by atoms with Gasteiger partial charge in [0.05, 0.1) is 29.9 Å². The van der Waals surface area contributed by atoms with Gasteiger partial charge in [-0.05, 0) is 38.5 Å². The highest BCUT2D eigenvalue weighted by atomic mass is 32.2. The van der Waals surface area contributed by atoms with Gasteiger partial charge in [0.2, 0.25) is 0 Å². The molecule has 0 N–H and O–H groups in total. The average Bonchev–Trinajstić information content (AvgIpc) is 3.26. The van der Waals surface area contributed by atoms with Crippen LogP contribution in [-0.2, 0) is 26.4 Å². The van der Waals surface area contributed by atoms with E-state index in [4.69, 9.17) is 9.47 Å². The van der Waals surface area contributed by atoms with Crippen LogP contribution in [0.1, 0.15) is 24.6 Å². The number of ether oxygens (including phenoxy) is 3. The van der Waals surface area contributed by atoms with Crippen LogP contribution >= 0.6 is 0 Å². The lowest BCUT2D eigenvalue weighted by atomic mass is 10.2.